The van der Waals surface area contributed by atoms with Crippen LogP contribution in [0.3, 0.4) is 0 Å². The Morgan fingerprint density at radius 3 is 2.56 bits per heavy atom. The molecular weight excluding hydrogens is 224 g/mol. The summed E-state index contributed by atoms with van der Waals surface area (Å²) in [6.45, 7) is 11.1. The average molecular weight is 256 g/mol. The minimum Gasteiger partial charge on any atom is -0.383 e. The normalized spacial score (nSPS) is 19.2. The molecule has 0 saturated heterocycles. The Bertz CT molecular complexity index is 207. The summed E-state index contributed by atoms with van der Waals surface area (Å²) in [6.07, 6.45) is 5.38. The SMILES string of the molecule is CCCC(C)NCCN(CCOC)C(C)C1CC1. The monoisotopic (exact) mass is 256 g/mol. The van der Waals surface area contributed by atoms with Crippen molar-refractivity contribution < 1.29 is 4.74 Å². The summed E-state index contributed by atoms with van der Waals surface area (Å²) >= 11 is 0. The maximum atomic E-state index is 5.23. The van der Waals surface area contributed by atoms with Crippen LogP contribution in [0.5, 0.6) is 0 Å². The quantitative estimate of drug-likeness (QED) is 0.615. The molecule has 0 amide bonds. The summed E-state index contributed by atoms with van der Waals surface area (Å²) in [5.41, 5.74) is 0. The molecule has 0 radical (unpaired) electrons. The lowest BCUT2D eigenvalue weighted by molar-refractivity contribution is 0.117. The number of nitrogens with one attached hydrogen (secondary N) is 1. The summed E-state index contributed by atoms with van der Waals surface area (Å²) in [7, 11) is 1.79. The molecule has 1 aliphatic rings. The van der Waals surface area contributed by atoms with Crippen LogP contribution in [0.4, 0.5) is 0 Å². The molecule has 0 aromatic rings. The smallest absolute Gasteiger partial charge is 0.0589 e. The Kier molecular flexibility index (Phi) is 7.87. The van der Waals surface area contributed by atoms with Crippen LogP contribution in [0.1, 0.15) is 46.5 Å². The Morgan fingerprint density at radius 2 is 2.00 bits per heavy atom. The highest BCUT2D eigenvalue weighted by atomic mass is 16.5. The van der Waals surface area contributed by atoms with Crippen molar-refractivity contribution in [1.29, 1.82) is 0 Å². The van der Waals surface area contributed by atoms with E-state index in [1.54, 1.807) is 7.11 Å². The standard InChI is InChI=1S/C15H32N2O/c1-5-6-13(2)16-9-10-17(11-12-18-4)14(3)15-7-8-15/h13-16H,5-12H2,1-4H3. The van der Waals surface area contributed by atoms with Gasteiger partial charge in [-0.1, -0.05) is 13.3 Å². The molecule has 0 aliphatic heterocycles. The zero-order valence-corrected chi connectivity index (χ0v) is 12.7. The molecule has 0 spiro atoms. The van der Waals surface area contributed by atoms with Crippen molar-refractivity contribution in [2.75, 3.05) is 33.4 Å². The van der Waals surface area contributed by atoms with E-state index in [9.17, 15) is 0 Å². The van der Waals surface area contributed by atoms with Crippen LogP contribution in [-0.2, 0) is 4.74 Å². The third-order valence-electron chi connectivity index (χ3n) is 4.08. The third-order valence-corrected chi connectivity index (χ3v) is 4.08. The molecule has 1 saturated carbocycles. The van der Waals surface area contributed by atoms with E-state index in [1.807, 2.05) is 0 Å². The van der Waals surface area contributed by atoms with Gasteiger partial charge in [0.1, 0.15) is 0 Å². The predicted octanol–water partition coefficient (Wildman–Crippen LogP) is 2.51. The molecule has 0 aromatic carbocycles. The lowest BCUT2D eigenvalue weighted by Gasteiger charge is -2.29. The first-order valence-electron chi connectivity index (χ1n) is 7.65. The number of hydrogen-bond acceptors (Lipinski definition) is 3. The Morgan fingerprint density at radius 1 is 1.28 bits per heavy atom. The summed E-state index contributed by atoms with van der Waals surface area (Å²) in [4.78, 5) is 2.59. The fraction of sp³-hybridized carbons (Fsp3) is 1.00. The van der Waals surface area contributed by atoms with Crippen LogP contribution in [0, 0.1) is 5.92 Å². The van der Waals surface area contributed by atoms with Crippen LogP contribution in [0.2, 0.25) is 0 Å². The highest BCUT2D eigenvalue weighted by molar-refractivity contribution is 4.85. The van der Waals surface area contributed by atoms with Gasteiger partial charge in [-0.25, -0.2) is 0 Å². The molecule has 0 bridgehead atoms. The molecule has 0 aromatic heterocycles. The number of rotatable bonds is 11. The van der Waals surface area contributed by atoms with Crippen molar-refractivity contribution in [3.05, 3.63) is 0 Å². The molecule has 3 heteroatoms. The van der Waals surface area contributed by atoms with Gasteiger partial charge in [0.2, 0.25) is 0 Å². The van der Waals surface area contributed by atoms with Gasteiger partial charge in [0.25, 0.3) is 0 Å². The molecule has 2 unspecified atom stereocenters. The molecule has 2 atom stereocenters. The third kappa shape index (κ3) is 6.17. The highest BCUT2D eigenvalue weighted by Crippen LogP contribution is 2.34. The van der Waals surface area contributed by atoms with Gasteiger partial charge in [-0.05, 0) is 39.0 Å². The Balaban J connectivity index is 2.22. The van der Waals surface area contributed by atoms with E-state index in [0.717, 1.165) is 38.2 Å². The van der Waals surface area contributed by atoms with Gasteiger partial charge in [0, 0.05) is 38.8 Å². The van der Waals surface area contributed by atoms with E-state index in [-0.39, 0.29) is 0 Å². The van der Waals surface area contributed by atoms with Gasteiger partial charge >= 0.3 is 0 Å². The van der Waals surface area contributed by atoms with Gasteiger partial charge in [0.05, 0.1) is 6.61 Å². The predicted molar refractivity (Wildman–Crippen MR) is 78.0 cm³/mol. The minimum absolute atomic E-state index is 0.649. The first-order chi connectivity index (χ1) is 8.69. The lowest BCUT2D eigenvalue weighted by Crippen LogP contribution is -2.42. The highest BCUT2D eigenvalue weighted by Gasteiger charge is 2.31. The molecule has 3 nitrogen and oxygen atoms in total. The number of ether oxygens (including phenoxy) is 1. The van der Waals surface area contributed by atoms with Crippen LogP contribution >= 0.6 is 0 Å². The van der Waals surface area contributed by atoms with Crippen molar-refractivity contribution in [2.24, 2.45) is 5.92 Å². The van der Waals surface area contributed by atoms with E-state index in [4.69, 9.17) is 4.74 Å². The summed E-state index contributed by atoms with van der Waals surface area (Å²) in [5, 5.41) is 3.62. The van der Waals surface area contributed by atoms with Crippen molar-refractivity contribution in [3.8, 4) is 0 Å². The second kappa shape index (κ2) is 8.89. The van der Waals surface area contributed by atoms with Gasteiger partial charge in [-0.2, -0.15) is 0 Å². The summed E-state index contributed by atoms with van der Waals surface area (Å²) < 4.78 is 5.23. The minimum atomic E-state index is 0.649. The summed E-state index contributed by atoms with van der Waals surface area (Å²) in [5.74, 6) is 0.940. The fourth-order valence-electron chi connectivity index (χ4n) is 2.59. The van der Waals surface area contributed by atoms with Crippen LogP contribution in [-0.4, -0.2) is 50.3 Å². The van der Waals surface area contributed by atoms with Crippen molar-refractivity contribution >= 4 is 0 Å². The lowest BCUT2D eigenvalue weighted by atomic mass is 10.1. The topological polar surface area (TPSA) is 24.5 Å². The Labute approximate surface area is 113 Å². The maximum absolute atomic E-state index is 5.23. The molecule has 108 valence electrons. The average Bonchev–Trinajstić information content (AvgIpc) is 3.17. The van der Waals surface area contributed by atoms with E-state index >= 15 is 0 Å². The molecular formula is C15H32N2O. The zero-order valence-electron chi connectivity index (χ0n) is 12.7. The van der Waals surface area contributed by atoms with E-state index in [1.165, 1.54) is 25.7 Å². The molecule has 0 heterocycles. The van der Waals surface area contributed by atoms with Crippen LogP contribution in [0.15, 0.2) is 0 Å². The first-order valence-corrected chi connectivity index (χ1v) is 7.65. The first kappa shape index (κ1) is 15.9. The van der Waals surface area contributed by atoms with Gasteiger partial charge in [-0.15, -0.1) is 0 Å². The van der Waals surface area contributed by atoms with Gasteiger partial charge < -0.3 is 10.1 Å². The molecule has 1 rings (SSSR count). The van der Waals surface area contributed by atoms with Crippen LogP contribution < -0.4 is 5.32 Å². The second-order valence-corrected chi connectivity index (χ2v) is 5.75. The van der Waals surface area contributed by atoms with E-state index in [0.29, 0.717) is 6.04 Å². The van der Waals surface area contributed by atoms with Crippen LogP contribution in [0.25, 0.3) is 0 Å². The number of methoxy groups -OCH3 is 1. The molecule has 1 N–H and O–H groups in total. The Hall–Kier alpha value is -0.120. The van der Waals surface area contributed by atoms with Crippen molar-refractivity contribution in [2.45, 2.75) is 58.5 Å². The van der Waals surface area contributed by atoms with E-state index < -0.39 is 0 Å². The largest absolute Gasteiger partial charge is 0.383 e. The van der Waals surface area contributed by atoms with Gasteiger partial charge in [-0.3, -0.25) is 4.90 Å². The van der Waals surface area contributed by atoms with E-state index in [2.05, 4.69) is 31.0 Å². The zero-order chi connectivity index (χ0) is 13.4. The molecule has 1 fully saturated rings. The summed E-state index contributed by atoms with van der Waals surface area (Å²) in [6, 6.07) is 1.37. The number of hydrogen-bond donors (Lipinski definition) is 1. The van der Waals surface area contributed by atoms with Gasteiger partial charge in [0.15, 0.2) is 0 Å². The molecule has 18 heavy (non-hydrogen) atoms. The molecule has 1 aliphatic carbocycles. The number of nitrogens with zero attached hydrogens (tertiary/aromatic N) is 1. The van der Waals surface area contributed by atoms with Crippen molar-refractivity contribution in [3.63, 3.8) is 0 Å². The second-order valence-electron chi connectivity index (χ2n) is 5.75. The maximum Gasteiger partial charge on any atom is 0.0589 e. The fourth-order valence-corrected chi connectivity index (χ4v) is 2.59. The van der Waals surface area contributed by atoms with Crippen molar-refractivity contribution in [1.82, 2.24) is 10.2 Å².